The maximum atomic E-state index is 5.68. The van der Waals surface area contributed by atoms with Crippen LogP contribution in [0.2, 0.25) is 0 Å². The summed E-state index contributed by atoms with van der Waals surface area (Å²) in [5.74, 6) is 1.60. The Balaban J connectivity index is 2.66. The molecule has 0 amide bonds. The number of hydrogen-bond acceptors (Lipinski definition) is 1. The van der Waals surface area contributed by atoms with Crippen molar-refractivity contribution in [2.75, 3.05) is 11.9 Å². The molecular weight excluding hydrogens is 252 g/mol. The van der Waals surface area contributed by atoms with Crippen LogP contribution in [-0.2, 0) is 0 Å². The average Bonchev–Trinajstić information content (AvgIpc) is 2.20. The van der Waals surface area contributed by atoms with Gasteiger partial charge in [0, 0.05) is 5.33 Å². The van der Waals surface area contributed by atoms with Crippen LogP contribution in [-0.4, -0.2) is 11.9 Å². The Hall–Kier alpha value is -0.500. The summed E-state index contributed by atoms with van der Waals surface area (Å²) in [4.78, 5) is 0. The molecule has 0 atom stereocenters. The molecule has 0 radical (unpaired) electrons. The van der Waals surface area contributed by atoms with Gasteiger partial charge in [0.05, 0.1) is 6.61 Å². The van der Waals surface area contributed by atoms with E-state index in [9.17, 15) is 0 Å². The molecule has 0 unspecified atom stereocenters. The van der Waals surface area contributed by atoms with Crippen molar-refractivity contribution >= 4 is 15.9 Å². The van der Waals surface area contributed by atoms with Crippen molar-refractivity contribution in [3.8, 4) is 5.75 Å². The number of ether oxygens (including phenoxy) is 1. The van der Waals surface area contributed by atoms with Crippen LogP contribution in [0.15, 0.2) is 18.2 Å². The second-order valence-corrected chi connectivity index (χ2v) is 4.86. The number of benzene rings is 1. The fraction of sp³-hybridized carbons (Fsp3) is 0.538. The van der Waals surface area contributed by atoms with Crippen LogP contribution >= 0.6 is 15.9 Å². The summed E-state index contributed by atoms with van der Waals surface area (Å²) in [7, 11) is 0. The molecule has 2 heteroatoms. The van der Waals surface area contributed by atoms with E-state index in [-0.39, 0.29) is 0 Å². The van der Waals surface area contributed by atoms with Crippen LogP contribution in [0.1, 0.15) is 37.3 Å². The van der Waals surface area contributed by atoms with Crippen molar-refractivity contribution < 1.29 is 4.74 Å². The van der Waals surface area contributed by atoms with Gasteiger partial charge in [-0.1, -0.05) is 41.9 Å². The van der Waals surface area contributed by atoms with E-state index in [1.807, 2.05) is 0 Å². The van der Waals surface area contributed by atoms with Crippen LogP contribution in [0.3, 0.4) is 0 Å². The van der Waals surface area contributed by atoms with Gasteiger partial charge in [0.1, 0.15) is 5.75 Å². The van der Waals surface area contributed by atoms with Gasteiger partial charge in [0.25, 0.3) is 0 Å². The van der Waals surface area contributed by atoms with Gasteiger partial charge in [0.2, 0.25) is 0 Å². The molecule has 84 valence electrons. The zero-order valence-electron chi connectivity index (χ0n) is 9.72. The summed E-state index contributed by atoms with van der Waals surface area (Å²) in [6, 6.07) is 6.45. The number of halogens is 1. The van der Waals surface area contributed by atoms with E-state index < -0.39 is 0 Å². The summed E-state index contributed by atoms with van der Waals surface area (Å²) < 4.78 is 5.68. The van der Waals surface area contributed by atoms with Crippen LogP contribution in [0.25, 0.3) is 0 Å². The zero-order valence-corrected chi connectivity index (χ0v) is 11.3. The molecule has 15 heavy (non-hydrogen) atoms. The molecule has 1 nitrogen and oxygen atoms in total. The molecule has 0 saturated carbocycles. The molecule has 0 aliphatic heterocycles. The highest BCUT2D eigenvalue weighted by molar-refractivity contribution is 9.09. The van der Waals surface area contributed by atoms with Gasteiger partial charge in [-0.15, -0.1) is 0 Å². The van der Waals surface area contributed by atoms with Gasteiger partial charge < -0.3 is 4.74 Å². The first-order valence-electron chi connectivity index (χ1n) is 5.44. The van der Waals surface area contributed by atoms with Crippen LogP contribution in [0.4, 0.5) is 0 Å². The summed E-state index contributed by atoms with van der Waals surface area (Å²) in [5, 5.41) is 0.996. The first kappa shape index (κ1) is 12.6. The maximum Gasteiger partial charge on any atom is 0.122 e. The molecule has 0 aliphatic rings. The molecule has 0 aliphatic carbocycles. The van der Waals surface area contributed by atoms with E-state index in [2.05, 4.69) is 54.9 Å². The summed E-state index contributed by atoms with van der Waals surface area (Å²) in [5.41, 5.74) is 2.61. The van der Waals surface area contributed by atoms with Crippen molar-refractivity contribution in [3.63, 3.8) is 0 Å². The molecule has 0 bridgehead atoms. The standard InChI is InChI=1S/C13H19BrO/c1-10(2)12-5-6-13(11(3)9-12)15-8-4-7-14/h5-6,9-10H,4,7-8H2,1-3H3. The first-order valence-corrected chi connectivity index (χ1v) is 6.56. The van der Waals surface area contributed by atoms with Crippen molar-refractivity contribution in [2.24, 2.45) is 0 Å². The van der Waals surface area contributed by atoms with E-state index in [1.165, 1.54) is 11.1 Å². The fourth-order valence-corrected chi connectivity index (χ4v) is 1.66. The lowest BCUT2D eigenvalue weighted by atomic mass is 10.0. The minimum absolute atomic E-state index is 0.584. The lowest BCUT2D eigenvalue weighted by Crippen LogP contribution is -2.00. The third kappa shape index (κ3) is 3.86. The quantitative estimate of drug-likeness (QED) is 0.573. The normalized spacial score (nSPS) is 10.7. The lowest BCUT2D eigenvalue weighted by Gasteiger charge is -2.11. The fourth-order valence-electron chi connectivity index (χ4n) is 1.43. The highest BCUT2D eigenvalue weighted by atomic mass is 79.9. The van der Waals surface area contributed by atoms with Crippen molar-refractivity contribution in [2.45, 2.75) is 33.1 Å². The molecule has 0 heterocycles. The minimum atomic E-state index is 0.584. The summed E-state index contributed by atoms with van der Waals surface area (Å²) >= 11 is 3.39. The van der Waals surface area contributed by atoms with Gasteiger partial charge in [0.15, 0.2) is 0 Å². The van der Waals surface area contributed by atoms with E-state index in [0.29, 0.717) is 5.92 Å². The van der Waals surface area contributed by atoms with E-state index in [4.69, 9.17) is 4.74 Å². The number of hydrogen-bond donors (Lipinski definition) is 0. The van der Waals surface area contributed by atoms with Crippen LogP contribution < -0.4 is 4.74 Å². The monoisotopic (exact) mass is 270 g/mol. The molecule has 0 aromatic heterocycles. The Bertz CT molecular complexity index is 307. The highest BCUT2D eigenvalue weighted by Crippen LogP contribution is 2.23. The Morgan fingerprint density at radius 2 is 2.07 bits per heavy atom. The van der Waals surface area contributed by atoms with Crippen LogP contribution in [0, 0.1) is 6.92 Å². The molecule has 0 fully saturated rings. The van der Waals surface area contributed by atoms with Crippen molar-refractivity contribution in [1.29, 1.82) is 0 Å². The zero-order chi connectivity index (χ0) is 11.3. The molecule has 0 N–H and O–H groups in total. The number of aryl methyl sites for hydroxylation is 1. The van der Waals surface area contributed by atoms with Crippen molar-refractivity contribution in [3.05, 3.63) is 29.3 Å². The molecule has 0 spiro atoms. The molecular formula is C13H19BrO. The van der Waals surface area contributed by atoms with Gasteiger partial charge >= 0.3 is 0 Å². The minimum Gasteiger partial charge on any atom is -0.493 e. The second kappa shape index (κ2) is 6.16. The van der Waals surface area contributed by atoms with Gasteiger partial charge in [-0.25, -0.2) is 0 Å². The Labute approximate surface area is 101 Å². The number of rotatable bonds is 5. The number of alkyl halides is 1. The second-order valence-electron chi connectivity index (χ2n) is 4.07. The molecule has 1 aromatic rings. The van der Waals surface area contributed by atoms with Gasteiger partial charge in [-0.05, 0) is 36.5 Å². The Kier molecular flexibility index (Phi) is 5.16. The summed E-state index contributed by atoms with van der Waals surface area (Å²) in [6.07, 6.45) is 1.05. The third-order valence-electron chi connectivity index (χ3n) is 2.40. The van der Waals surface area contributed by atoms with E-state index in [1.54, 1.807) is 0 Å². The van der Waals surface area contributed by atoms with Gasteiger partial charge in [-0.3, -0.25) is 0 Å². The molecule has 0 saturated heterocycles. The van der Waals surface area contributed by atoms with E-state index >= 15 is 0 Å². The maximum absolute atomic E-state index is 5.68. The highest BCUT2D eigenvalue weighted by Gasteiger charge is 2.03. The van der Waals surface area contributed by atoms with E-state index in [0.717, 1.165) is 24.1 Å². The van der Waals surface area contributed by atoms with Crippen molar-refractivity contribution in [1.82, 2.24) is 0 Å². The predicted molar refractivity (Wildman–Crippen MR) is 69.2 cm³/mol. The smallest absolute Gasteiger partial charge is 0.122 e. The largest absolute Gasteiger partial charge is 0.493 e. The SMILES string of the molecule is Cc1cc(C(C)C)ccc1OCCCBr. The van der Waals surface area contributed by atoms with Crippen LogP contribution in [0.5, 0.6) is 5.75 Å². The predicted octanol–water partition coefficient (Wildman–Crippen LogP) is 4.28. The third-order valence-corrected chi connectivity index (χ3v) is 2.96. The Morgan fingerprint density at radius 3 is 2.60 bits per heavy atom. The molecule has 1 aromatic carbocycles. The Morgan fingerprint density at radius 1 is 1.33 bits per heavy atom. The first-order chi connectivity index (χ1) is 7.15. The topological polar surface area (TPSA) is 9.23 Å². The summed E-state index contributed by atoms with van der Waals surface area (Å²) in [6.45, 7) is 7.31. The average molecular weight is 271 g/mol. The van der Waals surface area contributed by atoms with Gasteiger partial charge in [-0.2, -0.15) is 0 Å². The molecule has 1 rings (SSSR count). The lowest BCUT2D eigenvalue weighted by molar-refractivity contribution is 0.317.